The van der Waals surface area contributed by atoms with Crippen LogP contribution in [0.3, 0.4) is 0 Å². The highest BCUT2D eigenvalue weighted by Crippen LogP contribution is 1.99. The van der Waals surface area contributed by atoms with Crippen molar-refractivity contribution in [2.45, 2.75) is 20.0 Å². The highest BCUT2D eigenvalue weighted by Gasteiger charge is 2.01. The summed E-state index contributed by atoms with van der Waals surface area (Å²) < 4.78 is 3.84. The monoisotopic (exact) mass is 177 g/mol. The van der Waals surface area contributed by atoms with Gasteiger partial charge >= 0.3 is 0 Å². The lowest BCUT2D eigenvalue weighted by Gasteiger charge is -2.03. The van der Waals surface area contributed by atoms with Crippen LogP contribution in [-0.4, -0.2) is 24.5 Å². The lowest BCUT2D eigenvalue weighted by molar-refractivity contribution is 0.588. The van der Waals surface area contributed by atoms with Gasteiger partial charge in [0.15, 0.2) is 0 Å². The average Bonchev–Trinajstić information content (AvgIpc) is 2.76. The van der Waals surface area contributed by atoms with Crippen LogP contribution in [0.4, 0.5) is 0 Å². The summed E-state index contributed by atoms with van der Waals surface area (Å²) in [7, 11) is 0. The molecule has 2 rings (SSSR count). The lowest BCUT2D eigenvalue weighted by atomic mass is 10.5. The van der Waals surface area contributed by atoms with Crippen LogP contribution in [0.25, 0.3) is 0 Å². The molecule has 0 spiro atoms. The van der Waals surface area contributed by atoms with E-state index in [9.17, 15) is 0 Å². The summed E-state index contributed by atoms with van der Waals surface area (Å²) in [5.41, 5.74) is 0. The highest BCUT2D eigenvalue weighted by atomic mass is 15.4. The third-order valence-corrected chi connectivity index (χ3v) is 1.92. The topological polar surface area (TPSA) is 48.5 Å². The minimum absolute atomic E-state index is 0.681. The molecular weight excluding hydrogens is 166 g/mol. The van der Waals surface area contributed by atoms with Gasteiger partial charge in [-0.15, -0.1) is 5.10 Å². The van der Waals surface area contributed by atoms with Gasteiger partial charge in [-0.1, -0.05) is 5.21 Å². The molecule has 0 aliphatic rings. The molecule has 2 heterocycles. The number of imidazole rings is 1. The predicted octanol–water partition coefficient (Wildman–Crippen LogP) is 0.543. The zero-order valence-electron chi connectivity index (χ0n) is 7.46. The standard InChI is InChI=1S/C8H11N5/c1-2-12-5-3-9-8(12)7-13-6-4-10-11-13/h3-6H,2,7H2,1H3. The van der Waals surface area contributed by atoms with Crippen LogP contribution in [0.5, 0.6) is 0 Å². The van der Waals surface area contributed by atoms with Crippen LogP contribution in [-0.2, 0) is 13.1 Å². The maximum absolute atomic E-state index is 4.24. The summed E-state index contributed by atoms with van der Waals surface area (Å²) in [6, 6.07) is 0. The minimum atomic E-state index is 0.681. The molecule has 0 aliphatic heterocycles. The molecule has 2 aromatic heterocycles. The van der Waals surface area contributed by atoms with Crippen molar-refractivity contribution >= 4 is 0 Å². The third-order valence-electron chi connectivity index (χ3n) is 1.92. The van der Waals surface area contributed by atoms with Crippen LogP contribution in [0.2, 0.25) is 0 Å². The normalized spacial score (nSPS) is 10.5. The Morgan fingerprint density at radius 2 is 2.23 bits per heavy atom. The summed E-state index contributed by atoms with van der Waals surface area (Å²) in [5, 5.41) is 7.61. The molecule has 5 heteroatoms. The Morgan fingerprint density at radius 3 is 2.92 bits per heavy atom. The van der Waals surface area contributed by atoms with E-state index in [1.165, 1.54) is 0 Å². The maximum Gasteiger partial charge on any atom is 0.130 e. The third kappa shape index (κ3) is 1.58. The van der Waals surface area contributed by atoms with E-state index >= 15 is 0 Å². The number of aryl methyl sites for hydroxylation is 1. The summed E-state index contributed by atoms with van der Waals surface area (Å²) in [4.78, 5) is 4.24. The number of hydrogen-bond donors (Lipinski definition) is 0. The maximum atomic E-state index is 4.24. The van der Waals surface area contributed by atoms with Crippen molar-refractivity contribution in [1.29, 1.82) is 0 Å². The van der Waals surface area contributed by atoms with Crippen LogP contribution in [0.15, 0.2) is 24.8 Å². The molecule has 0 aliphatic carbocycles. The van der Waals surface area contributed by atoms with Crippen LogP contribution in [0, 0.1) is 0 Å². The van der Waals surface area contributed by atoms with Crippen LogP contribution < -0.4 is 0 Å². The smallest absolute Gasteiger partial charge is 0.130 e. The second kappa shape index (κ2) is 3.38. The second-order valence-corrected chi connectivity index (χ2v) is 2.73. The van der Waals surface area contributed by atoms with E-state index in [1.807, 2.05) is 12.4 Å². The predicted molar refractivity (Wildman–Crippen MR) is 47.0 cm³/mol. The summed E-state index contributed by atoms with van der Waals surface area (Å²) in [6.45, 7) is 3.71. The van der Waals surface area contributed by atoms with Gasteiger partial charge in [0.1, 0.15) is 12.4 Å². The van der Waals surface area contributed by atoms with Gasteiger partial charge in [0.05, 0.1) is 6.20 Å². The molecule has 0 fully saturated rings. The Morgan fingerprint density at radius 1 is 1.31 bits per heavy atom. The largest absolute Gasteiger partial charge is 0.334 e. The van der Waals surface area contributed by atoms with E-state index in [4.69, 9.17) is 0 Å². The molecule has 0 N–H and O–H groups in total. The number of rotatable bonds is 3. The van der Waals surface area contributed by atoms with Gasteiger partial charge in [-0.2, -0.15) is 0 Å². The quantitative estimate of drug-likeness (QED) is 0.687. The fraction of sp³-hybridized carbons (Fsp3) is 0.375. The van der Waals surface area contributed by atoms with Crippen molar-refractivity contribution < 1.29 is 0 Å². The average molecular weight is 177 g/mol. The van der Waals surface area contributed by atoms with Crippen molar-refractivity contribution in [3.05, 3.63) is 30.6 Å². The molecule has 0 saturated heterocycles. The van der Waals surface area contributed by atoms with E-state index in [2.05, 4.69) is 26.8 Å². The van der Waals surface area contributed by atoms with Crippen LogP contribution in [0.1, 0.15) is 12.7 Å². The molecule has 13 heavy (non-hydrogen) atoms. The van der Waals surface area contributed by atoms with Crippen molar-refractivity contribution in [3.8, 4) is 0 Å². The first-order chi connectivity index (χ1) is 6.40. The Bertz CT molecular complexity index is 362. The van der Waals surface area contributed by atoms with Gasteiger partial charge in [-0.3, -0.25) is 0 Å². The van der Waals surface area contributed by atoms with Crippen LogP contribution >= 0.6 is 0 Å². The Labute approximate surface area is 76.0 Å². The second-order valence-electron chi connectivity index (χ2n) is 2.73. The van der Waals surface area contributed by atoms with Crippen molar-refractivity contribution in [2.75, 3.05) is 0 Å². The Hall–Kier alpha value is -1.65. The van der Waals surface area contributed by atoms with E-state index in [-0.39, 0.29) is 0 Å². The summed E-state index contributed by atoms with van der Waals surface area (Å²) in [5.74, 6) is 1.01. The van der Waals surface area contributed by atoms with Gasteiger partial charge < -0.3 is 4.57 Å². The SMILES string of the molecule is CCn1ccnc1Cn1ccnn1. The van der Waals surface area contributed by atoms with Crippen molar-refractivity contribution in [1.82, 2.24) is 24.5 Å². The Balaban J connectivity index is 2.18. The van der Waals surface area contributed by atoms with Gasteiger partial charge in [0.25, 0.3) is 0 Å². The molecule has 0 aromatic carbocycles. The molecule has 68 valence electrons. The molecule has 0 radical (unpaired) electrons. The zero-order chi connectivity index (χ0) is 9.10. The zero-order valence-corrected chi connectivity index (χ0v) is 7.46. The van der Waals surface area contributed by atoms with Gasteiger partial charge in [-0.05, 0) is 6.92 Å². The minimum Gasteiger partial charge on any atom is -0.334 e. The van der Waals surface area contributed by atoms with Crippen molar-refractivity contribution in [3.63, 3.8) is 0 Å². The Kier molecular flexibility index (Phi) is 2.08. The first-order valence-electron chi connectivity index (χ1n) is 4.24. The molecule has 0 saturated carbocycles. The van der Waals surface area contributed by atoms with Gasteiger partial charge in [-0.25, -0.2) is 9.67 Å². The first kappa shape index (κ1) is 7.97. The fourth-order valence-electron chi connectivity index (χ4n) is 1.24. The molecule has 5 nitrogen and oxygen atoms in total. The molecule has 0 amide bonds. The lowest BCUT2D eigenvalue weighted by Crippen LogP contribution is -2.07. The number of hydrogen-bond acceptors (Lipinski definition) is 3. The molecular formula is C8H11N5. The van der Waals surface area contributed by atoms with E-state index in [0.29, 0.717) is 6.54 Å². The molecule has 0 bridgehead atoms. The van der Waals surface area contributed by atoms with E-state index in [1.54, 1.807) is 17.1 Å². The summed E-state index contributed by atoms with van der Waals surface area (Å²) in [6.07, 6.45) is 7.26. The van der Waals surface area contributed by atoms with Gasteiger partial charge in [0, 0.05) is 25.1 Å². The fourth-order valence-corrected chi connectivity index (χ4v) is 1.24. The van der Waals surface area contributed by atoms with Crippen molar-refractivity contribution in [2.24, 2.45) is 0 Å². The number of aromatic nitrogens is 5. The molecule has 0 atom stereocenters. The molecule has 0 unspecified atom stereocenters. The van der Waals surface area contributed by atoms with E-state index in [0.717, 1.165) is 12.4 Å². The summed E-state index contributed by atoms with van der Waals surface area (Å²) >= 11 is 0. The number of nitrogens with zero attached hydrogens (tertiary/aromatic N) is 5. The highest BCUT2D eigenvalue weighted by molar-refractivity contribution is 4.92. The molecule has 2 aromatic rings. The van der Waals surface area contributed by atoms with E-state index < -0.39 is 0 Å². The first-order valence-corrected chi connectivity index (χ1v) is 4.24. The van der Waals surface area contributed by atoms with Gasteiger partial charge in [0.2, 0.25) is 0 Å².